The maximum atomic E-state index is 11.9. The zero-order valence-electron chi connectivity index (χ0n) is 12.0. The molecule has 0 radical (unpaired) electrons. The highest BCUT2D eigenvalue weighted by Gasteiger charge is 2.13. The molecule has 1 aromatic carbocycles. The van der Waals surface area contributed by atoms with Crippen LogP contribution in [0.5, 0.6) is 0 Å². The van der Waals surface area contributed by atoms with Crippen LogP contribution in [-0.4, -0.2) is 39.6 Å². The van der Waals surface area contributed by atoms with E-state index in [0.29, 0.717) is 6.54 Å². The van der Waals surface area contributed by atoms with Gasteiger partial charge in [-0.3, -0.25) is 9.59 Å². The van der Waals surface area contributed by atoms with Crippen LogP contribution in [0.25, 0.3) is 0 Å². The fourth-order valence-corrected chi connectivity index (χ4v) is 2.34. The van der Waals surface area contributed by atoms with Crippen LogP contribution in [-0.2, 0) is 14.6 Å². The molecule has 0 aromatic heterocycles. The van der Waals surface area contributed by atoms with Crippen molar-refractivity contribution in [2.45, 2.75) is 18.2 Å². The standard InChI is InChI=1S/C13H19N3O4S/c1-3-15-12(17)4-5-16-13(18)9-6-10(14)8-11(7-9)21(2,19)20/h6-8H,3-5,14H2,1-2H3,(H,15,17)(H,16,18). The molecule has 0 aliphatic carbocycles. The molecule has 0 saturated carbocycles. The second-order valence-corrected chi connectivity index (χ2v) is 6.54. The van der Waals surface area contributed by atoms with E-state index in [-0.39, 0.29) is 35.0 Å². The van der Waals surface area contributed by atoms with Crippen LogP contribution in [0.4, 0.5) is 5.69 Å². The third-order valence-corrected chi connectivity index (χ3v) is 3.72. The van der Waals surface area contributed by atoms with Gasteiger partial charge in [0.2, 0.25) is 5.91 Å². The summed E-state index contributed by atoms with van der Waals surface area (Å²) in [5, 5.41) is 5.15. The number of hydrogen-bond acceptors (Lipinski definition) is 5. The summed E-state index contributed by atoms with van der Waals surface area (Å²) in [6, 6.07) is 3.93. The number of carbonyl (C=O) groups is 2. The van der Waals surface area contributed by atoms with Gasteiger partial charge in [0.05, 0.1) is 4.90 Å². The number of sulfone groups is 1. The van der Waals surface area contributed by atoms with E-state index < -0.39 is 15.7 Å². The van der Waals surface area contributed by atoms with Gasteiger partial charge < -0.3 is 16.4 Å². The Kier molecular flexibility index (Phi) is 5.71. The second kappa shape index (κ2) is 7.07. The highest BCUT2D eigenvalue weighted by Crippen LogP contribution is 2.16. The third kappa shape index (κ3) is 5.42. The molecule has 7 nitrogen and oxygen atoms in total. The first kappa shape index (κ1) is 17.0. The lowest BCUT2D eigenvalue weighted by atomic mass is 10.2. The van der Waals surface area contributed by atoms with Gasteiger partial charge in [0, 0.05) is 37.0 Å². The molecule has 0 unspecified atom stereocenters. The molecule has 4 N–H and O–H groups in total. The fourth-order valence-electron chi connectivity index (χ4n) is 1.64. The van der Waals surface area contributed by atoms with Crippen molar-refractivity contribution in [2.75, 3.05) is 25.1 Å². The van der Waals surface area contributed by atoms with Crippen molar-refractivity contribution < 1.29 is 18.0 Å². The number of anilines is 1. The quantitative estimate of drug-likeness (QED) is 0.635. The molecule has 8 heteroatoms. The van der Waals surface area contributed by atoms with Crippen molar-refractivity contribution in [1.29, 1.82) is 0 Å². The first-order valence-corrected chi connectivity index (χ1v) is 8.28. The average molecular weight is 313 g/mol. The molecular weight excluding hydrogens is 294 g/mol. The molecule has 0 bridgehead atoms. The summed E-state index contributed by atoms with van der Waals surface area (Å²) in [5.41, 5.74) is 5.93. The van der Waals surface area contributed by atoms with E-state index in [0.717, 1.165) is 6.26 Å². The lowest BCUT2D eigenvalue weighted by molar-refractivity contribution is -0.120. The molecule has 0 saturated heterocycles. The van der Waals surface area contributed by atoms with Crippen LogP contribution >= 0.6 is 0 Å². The van der Waals surface area contributed by atoms with Crippen LogP contribution in [0.3, 0.4) is 0 Å². The Morgan fingerprint density at radius 2 is 1.86 bits per heavy atom. The summed E-state index contributed by atoms with van der Waals surface area (Å²) in [6.45, 7) is 2.49. The van der Waals surface area contributed by atoms with Gasteiger partial charge in [-0.25, -0.2) is 8.42 Å². The molecular formula is C13H19N3O4S. The summed E-state index contributed by atoms with van der Waals surface area (Å²) in [5.74, 6) is -0.640. The highest BCUT2D eigenvalue weighted by atomic mass is 32.2. The Bertz CT molecular complexity index is 641. The molecule has 0 heterocycles. The predicted octanol–water partition coefficient (Wildman–Crippen LogP) is -0.0717. The van der Waals surface area contributed by atoms with Crippen molar-refractivity contribution in [3.8, 4) is 0 Å². The molecule has 0 aliphatic heterocycles. The van der Waals surface area contributed by atoms with E-state index in [4.69, 9.17) is 5.73 Å². The smallest absolute Gasteiger partial charge is 0.251 e. The van der Waals surface area contributed by atoms with Crippen molar-refractivity contribution in [3.05, 3.63) is 23.8 Å². The van der Waals surface area contributed by atoms with Gasteiger partial charge in [-0.05, 0) is 25.1 Å². The van der Waals surface area contributed by atoms with Crippen LogP contribution < -0.4 is 16.4 Å². The minimum absolute atomic E-state index is 0.0172. The Balaban J connectivity index is 2.75. The number of rotatable bonds is 6. The molecule has 1 aromatic rings. The summed E-state index contributed by atoms with van der Waals surface area (Å²) >= 11 is 0. The van der Waals surface area contributed by atoms with Gasteiger partial charge in [-0.1, -0.05) is 0 Å². The Hall–Kier alpha value is -2.09. The van der Waals surface area contributed by atoms with E-state index in [1.54, 1.807) is 6.92 Å². The first-order chi connectivity index (χ1) is 9.74. The van der Waals surface area contributed by atoms with Crippen LogP contribution in [0.2, 0.25) is 0 Å². The van der Waals surface area contributed by atoms with E-state index >= 15 is 0 Å². The number of hydrogen-bond donors (Lipinski definition) is 3. The maximum absolute atomic E-state index is 11.9. The Morgan fingerprint density at radius 3 is 2.43 bits per heavy atom. The van der Waals surface area contributed by atoms with Crippen molar-refractivity contribution in [1.82, 2.24) is 10.6 Å². The number of nitrogens with two attached hydrogens (primary N) is 1. The Labute approximate surface area is 123 Å². The fraction of sp³-hybridized carbons (Fsp3) is 0.385. The molecule has 1 rings (SSSR count). The zero-order valence-corrected chi connectivity index (χ0v) is 12.8. The lowest BCUT2D eigenvalue weighted by Crippen LogP contribution is -2.30. The summed E-state index contributed by atoms with van der Waals surface area (Å²) in [4.78, 5) is 23.1. The topological polar surface area (TPSA) is 118 Å². The van der Waals surface area contributed by atoms with Gasteiger partial charge in [0.1, 0.15) is 0 Å². The van der Waals surface area contributed by atoms with Crippen LogP contribution in [0.1, 0.15) is 23.7 Å². The minimum atomic E-state index is -3.45. The summed E-state index contributed by atoms with van der Waals surface area (Å²) < 4.78 is 23.0. The SMILES string of the molecule is CCNC(=O)CCNC(=O)c1cc(N)cc(S(C)(=O)=O)c1. The first-order valence-electron chi connectivity index (χ1n) is 6.39. The van der Waals surface area contributed by atoms with Crippen molar-refractivity contribution in [2.24, 2.45) is 0 Å². The van der Waals surface area contributed by atoms with E-state index in [1.165, 1.54) is 18.2 Å². The average Bonchev–Trinajstić information content (AvgIpc) is 2.37. The minimum Gasteiger partial charge on any atom is -0.399 e. The van der Waals surface area contributed by atoms with Crippen molar-refractivity contribution in [3.63, 3.8) is 0 Å². The van der Waals surface area contributed by atoms with Gasteiger partial charge in [-0.15, -0.1) is 0 Å². The maximum Gasteiger partial charge on any atom is 0.251 e. The molecule has 116 valence electrons. The van der Waals surface area contributed by atoms with Gasteiger partial charge >= 0.3 is 0 Å². The zero-order chi connectivity index (χ0) is 16.0. The van der Waals surface area contributed by atoms with Gasteiger partial charge in [0.25, 0.3) is 5.91 Å². The lowest BCUT2D eigenvalue weighted by Gasteiger charge is -2.08. The highest BCUT2D eigenvalue weighted by molar-refractivity contribution is 7.90. The third-order valence-electron chi connectivity index (χ3n) is 2.63. The van der Waals surface area contributed by atoms with E-state index in [2.05, 4.69) is 10.6 Å². The number of benzene rings is 1. The Morgan fingerprint density at radius 1 is 1.19 bits per heavy atom. The predicted molar refractivity (Wildman–Crippen MR) is 79.6 cm³/mol. The van der Waals surface area contributed by atoms with Gasteiger partial charge in [-0.2, -0.15) is 0 Å². The van der Waals surface area contributed by atoms with Crippen LogP contribution in [0.15, 0.2) is 23.1 Å². The number of nitrogen functional groups attached to an aromatic ring is 1. The van der Waals surface area contributed by atoms with E-state index in [9.17, 15) is 18.0 Å². The largest absolute Gasteiger partial charge is 0.399 e. The molecule has 0 spiro atoms. The monoisotopic (exact) mass is 313 g/mol. The molecule has 0 fully saturated rings. The molecule has 21 heavy (non-hydrogen) atoms. The summed E-state index contributed by atoms with van der Waals surface area (Å²) in [7, 11) is -3.45. The number of nitrogens with one attached hydrogen (secondary N) is 2. The molecule has 0 aliphatic rings. The van der Waals surface area contributed by atoms with Crippen molar-refractivity contribution >= 4 is 27.3 Å². The van der Waals surface area contributed by atoms with Gasteiger partial charge in [0.15, 0.2) is 9.84 Å². The van der Waals surface area contributed by atoms with Crippen LogP contribution in [0, 0.1) is 0 Å². The van der Waals surface area contributed by atoms with E-state index in [1.807, 2.05) is 0 Å². The summed E-state index contributed by atoms with van der Waals surface area (Å²) in [6.07, 6.45) is 1.19. The normalized spacial score (nSPS) is 11.0. The molecule has 2 amide bonds. The number of carbonyl (C=O) groups excluding carboxylic acids is 2. The number of amides is 2. The second-order valence-electron chi connectivity index (χ2n) is 4.52. The molecule has 0 atom stereocenters.